The topological polar surface area (TPSA) is 67.4 Å². The number of anilines is 2. The molecule has 0 saturated heterocycles. The molecule has 2 N–H and O–H groups in total. The molecule has 5 nitrogen and oxygen atoms in total. The minimum absolute atomic E-state index is 0.248. The number of carbonyl (C=O) groups is 2. The van der Waals surface area contributed by atoms with Gasteiger partial charge in [0.25, 0.3) is 0 Å². The molecule has 0 aliphatic carbocycles. The van der Waals surface area contributed by atoms with E-state index in [9.17, 15) is 9.59 Å². The van der Waals surface area contributed by atoms with E-state index in [1.807, 2.05) is 0 Å². The smallest absolute Gasteiger partial charge is 0.248 e. The predicted molar refractivity (Wildman–Crippen MR) is 101 cm³/mol. The Hall–Kier alpha value is -2.50. The summed E-state index contributed by atoms with van der Waals surface area (Å²) in [5, 5.41) is 6.12. The van der Waals surface area contributed by atoms with Crippen LogP contribution in [0.1, 0.15) is 12.5 Å². The van der Waals surface area contributed by atoms with Crippen molar-refractivity contribution in [1.82, 2.24) is 0 Å². The number of hydrogen-bond acceptors (Lipinski definition) is 3. The molecule has 0 saturated carbocycles. The number of rotatable bonds is 5. The molecule has 7 heteroatoms. The first-order chi connectivity index (χ1) is 11.9. The molecular formula is C18H16Cl2N2O3. The summed E-state index contributed by atoms with van der Waals surface area (Å²) in [6.07, 6.45) is 2.89. The fourth-order valence-electron chi connectivity index (χ4n) is 2.04. The number of halogens is 2. The Morgan fingerprint density at radius 1 is 1.08 bits per heavy atom. The molecule has 2 aromatic rings. The monoisotopic (exact) mass is 378 g/mol. The first-order valence-corrected chi connectivity index (χ1v) is 8.05. The normalized spacial score (nSPS) is 10.6. The Labute approximate surface area is 155 Å². The van der Waals surface area contributed by atoms with Crippen LogP contribution in [-0.2, 0) is 9.59 Å². The van der Waals surface area contributed by atoms with E-state index in [0.717, 1.165) is 0 Å². The second kappa shape index (κ2) is 8.55. The Kier molecular flexibility index (Phi) is 6.44. The predicted octanol–water partition coefficient (Wildman–Crippen LogP) is 4.61. The van der Waals surface area contributed by atoms with Crippen LogP contribution in [0.5, 0.6) is 5.75 Å². The highest BCUT2D eigenvalue weighted by Crippen LogP contribution is 2.28. The van der Waals surface area contributed by atoms with Crippen LogP contribution in [0.15, 0.2) is 42.5 Å². The van der Waals surface area contributed by atoms with Gasteiger partial charge in [-0.2, -0.15) is 0 Å². The molecule has 130 valence electrons. The van der Waals surface area contributed by atoms with E-state index < -0.39 is 5.91 Å². The van der Waals surface area contributed by atoms with Crippen molar-refractivity contribution in [3.8, 4) is 5.75 Å². The number of carbonyl (C=O) groups excluding carboxylic acids is 2. The summed E-state index contributed by atoms with van der Waals surface area (Å²) in [5.41, 5.74) is 1.51. The fraction of sp³-hybridized carbons (Fsp3) is 0.111. The van der Waals surface area contributed by atoms with E-state index in [-0.39, 0.29) is 5.91 Å². The van der Waals surface area contributed by atoms with Gasteiger partial charge in [-0.3, -0.25) is 9.59 Å². The Morgan fingerprint density at radius 3 is 2.52 bits per heavy atom. The van der Waals surface area contributed by atoms with E-state index in [2.05, 4.69) is 10.6 Å². The zero-order valence-electron chi connectivity index (χ0n) is 13.6. The van der Waals surface area contributed by atoms with Crippen molar-refractivity contribution in [2.75, 3.05) is 17.7 Å². The van der Waals surface area contributed by atoms with Crippen LogP contribution in [0, 0.1) is 0 Å². The lowest BCUT2D eigenvalue weighted by Gasteiger charge is -2.12. The van der Waals surface area contributed by atoms with E-state index in [1.165, 1.54) is 20.1 Å². The van der Waals surface area contributed by atoms with Crippen molar-refractivity contribution < 1.29 is 14.3 Å². The minimum Gasteiger partial charge on any atom is -0.497 e. The van der Waals surface area contributed by atoms with Crippen molar-refractivity contribution in [3.63, 3.8) is 0 Å². The van der Waals surface area contributed by atoms with Crippen molar-refractivity contribution >= 4 is 52.5 Å². The summed E-state index contributed by atoms with van der Waals surface area (Å²) < 4.78 is 5.14. The molecule has 0 heterocycles. The first-order valence-electron chi connectivity index (χ1n) is 7.29. The second-order valence-corrected chi connectivity index (χ2v) is 5.84. The average molecular weight is 379 g/mol. The third-order valence-electron chi connectivity index (χ3n) is 3.19. The number of hydrogen-bond donors (Lipinski definition) is 2. The Bertz CT molecular complexity index is 835. The molecule has 0 fully saturated rings. The molecule has 0 atom stereocenters. The summed E-state index contributed by atoms with van der Waals surface area (Å²) in [5.74, 6) is -0.0934. The molecule has 0 aliphatic rings. The van der Waals surface area contributed by atoms with Gasteiger partial charge in [-0.15, -0.1) is 0 Å². The largest absolute Gasteiger partial charge is 0.497 e. The molecule has 0 spiro atoms. The standard InChI is InChI=1S/C18H16Cl2N2O3/c1-11(23)21-15-8-7-13(25-2)10-16(15)22-17(24)9-6-12-4-3-5-14(19)18(12)20/h3-10H,1-2H3,(H,21,23)(H,22,24). The zero-order chi connectivity index (χ0) is 18.4. The van der Waals surface area contributed by atoms with Crippen LogP contribution in [0.4, 0.5) is 11.4 Å². The average Bonchev–Trinajstić information content (AvgIpc) is 2.57. The molecule has 25 heavy (non-hydrogen) atoms. The van der Waals surface area contributed by atoms with E-state index >= 15 is 0 Å². The molecule has 2 aromatic carbocycles. The van der Waals surface area contributed by atoms with Crippen molar-refractivity contribution in [2.24, 2.45) is 0 Å². The minimum atomic E-state index is -0.393. The molecule has 0 unspecified atom stereocenters. The maximum absolute atomic E-state index is 12.2. The molecule has 0 radical (unpaired) electrons. The fourth-order valence-corrected chi connectivity index (χ4v) is 2.41. The second-order valence-electron chi connectivity index (χ2n) is 5.06. The lowest BCUT2D eigenvalue weighted by molar-refractivity contribution is -0.114. The highest BCUT2D eigenvalue weighted by molar-refractivity contribution is 6.42. The van der Waals surface area contributed by atoms with Gasteiger partial charge in [0.05, 0.1) is 28.5 Å². The number of methoxy groups -OCH3 is 1. The summed E-state index contributed by atoms with van der Waals surface area (Å²) in [4.78, 5) is 23.5. The third-order valence-corrected chi connectivity index (χ3v) is 4.02. The van der Waals surface area contributed by atoms with Gasteiger partial charge in [-0.25, -0.2) is 0 Å². The van der Waals surface area contributed by atoms with Crippen LogP contribution in [-0.4, -0.2) is 18.9 Å². The number of amides is 2. The maximum atomic E-state index is 12.2. The SMILES string of the molecule is COc1ccc(NC(C)=O)c(NC(=O)C=Cc2cccc(Cl)c2Cl)c1. The van der Waals surface area contributed by atoms with Crippen LogP contribution in [0.25, 0.3) is 6.08 Å². The summed E-state index contributed by atoms with van der Waals surface area (Å²) in [6, 6.07) is 10.1. The van der Waals surface area contributed by atoms with Gasteiger partial charge < -0.3 is 15.4 Å². The molecule has 0 aliphatic heterocycles. The molecule has 2 amide bonds. The van der Waals surface area contributed by atoms with Crippen molar-refractivity contribution in [2.45, 2.75) is 6.92 Å². The molecule has 0 bridgehead atoms. The molecule has 0 aromatic heterocycles. The summed E-state index contributed by atoms with van der Waals surface area (Å²) in [7, 11) is 1.51. The van der Waals surface area contributed by atoms with Crippen LogP contribution < -0.4 is 15.4 Å². The Morgan fingerprint density at radius 2 is 1.84 bits per heavy atom. The van der Waals surface area contributed by atoms with Crippen LogP contribution in [0.2, 0.25) is 10.0 Å². The van der Waals surface area contributed by atoms with Gasteiger partial charge in [0.1, 0.15) is 5.75 Å². The van der Waals surface area contributed by atoms with E-state index in [4.69, 9.17) is 27.9 Å². The number of ether oxygens (including phenoxy) is 1. The van der Waals surface area contributed by atoms with Gasteiger partial charge in [0, 0.05) is 19.1 Å². The lowest BCUT2D eigenvalue weighted by Crippen LogP contribution is -2.13. The zero-order valence-corrected chi connectivity index (χ0v) is 15.1. The van der Waals surface area contributed by atoms with Crippen LogP contribution in [0.3, 0.4) is 0 Å². The highest BCUT2D eigenvalue weighted by atomic mass is 35.5. The van der Waals surface area contributed by atoms with Crippen molar-refractivity contribution in [1.29, 1.82) is 0 Å². The first kappa shape index (κ1) is 18.8. The van der Waals surface area contributed by atoms with Gasteiger partial charge >= 0.3 is 0 Å². The van der Waals surface area contributed by atoms with Gasteiger partial charge in [0.15, 0.2) is 0 Å². The molecule has 2 rings (SSSR count). The van der Waals surface area contributed by atoms with Gasteiger partial charge in [0.2, 0.25) is 11.8 Å². The van der Waals surface area contributed by atoms with Crippen LogP contribution >= 0.6 is 23.2 Å². The van der Waals surface area contributed by atoms with Gasteiger partial charge in [-0.1, -0.05) is 35.3 Å². The third kappa shape index (κ3) is 5.24. The lowest BCUT2D eigenvalue weighted by atomic mass is 10.2. The van der Waals surface area contributed by atoms with E-state index in [0.29, 0.717) is 32.7 Å². The van der Waals surface area contributed by atoms with E-state index in [1.54, 1.807) is 42.5 Å². The molecular weight excluding hydrogens is 363 g/mol. The highest BCUT2D eigenvalue weighted by Gasteiger charge is 2.09. The number of nitrogens with one attached hydrogen (secondary N) is 2. The maximum Gasteiger partial charge on any atom is 0.248 e. The quantitative estimate of drug-likeness (QED) is 0.746. The summed E-state index contributed by atoms with van der Waals surface area (Å²) >= 11 is 12.0. The Balaban J connectivity index is 2.20. The summed E-state index contributed by atoms with van der Waals surface area (Å²) in [6.45, 7) is 1.39. The van der Waals surface area contributed by atoms with Gasteiger partial charge in [-0.05, 0) is 29.8 Å². The number of benzene rings is 2. The van der Waals surface area contributed by atoms with Crippen molar-refractivity contribution in [3.05, 3.63) is 58.1 Å².